The van der Waals surface area contributed by atoms with Crippen molar-refractivity contribution in [2.45, 2.75) is 5.88 Å². The Morgan fingerprint density at radius 3 is 2.40 bits per heavy atom. The smallest absolute Gasteiger partial charge is 0.257 e. The van der Waals surface area contributed by atoms with E-state index in [1.165, 1.54) is 0 Å². The first-order valence-electron chi connectivity index (χ1n) is 9.44. The third-order valence-corrected chi connectivity index (χ3v) is 5.02. The van der Waals surface area contributed by atoms with Gasteiger partial charge in [-0.2, -0.15) is 0 Å². The monoisotopic (exact) mass is 417 g/mol. The van der Waals surface area contributed by atoms with E-state index in [1.54, 1.807) is 19.2 Å². The number of benzene rings is 3. The zero-order valence-electron chi connectivity index (χ0n) is 16.4. The van der Waals surface area contributed by atoms with Crippen LogP contribution in [0.15, 0.2) is 85.1 Å². The number of methoxy groups -OCH3 is 1. The Bertz CT molecular complexity index is 1150. The predicted molar refractivity (Wildman–Crippen MR) is 120 cm³/mol. The first-order chi connectivity index (χ1) is 14.7. The lowest BCUT2D eigenvalue weighted by molar-refractivity contribution is 0.102. The van der Waals surface area contributed by atoms with E-state index < -0.39 is 0 Å². The van der Waals surface area contributed by atoms with E-state index in [-0.39, 0.29) is 5.91 Å². The maximum atomic E-state index is 12.9. The largest absolute Gasteiger partial charge is 0.495 e. The normalized spacial score (nSPS) is 10.6. The Labute approximate surface area is 179 Å². The standard InChI is InChI=1S/C24H20ClN3O2/c1-30-22-10-6-5-9-21(22)28-16-20(18-7-3-2-4-8-18)26-24(28)27-23(29)19-13-11-17(15-25)12-14-19/h2-14,16H,15H2,1H3,(H,26,27,29). The molecule has 30 heavy (non-hydrogen) atoms. The topological polar surface area (TPSA) is 56.1 Å². The van der Waals surface area contributed by atoms with Crippen LogP contribution in [0, 0.1) is 0 Å². The Hall–Kier alpha value is -3.57. The van der Waals surface area contributed by atoms with Gasteiger partial charge in [-0.1, -0.05) is 54.6 Å². The molecule has 4 aromatic rings. The second-order valence-corrected chi connectivity index (χ2v) is 6.91. The Morgan fingerprint density at radius 2 is 1.70 bits per heavy atom. The van der Waals surface area contributed by atoms with Gasteiger partial charge in [0.15, 0.2) is 0 Å². The molecule has 1 heterocycles. The zero-order valence-corrected chi connectivity index (χ0v) is 17.1. The molecule has 0 atom stereocenters. The molecule has 5 nitrogen and oxygen atoms in total. The van der Waals surface area contributed by atoms with Gasteiger partial charge < -0.3 is 4.74 Å². The predicted octanol–water partition coefficient (Wildman–Crippen LogP) is 5.54. The number of alkyl halides is 1. The van der Waals surface area contributed by atoms with Crippen molar-refractivity contribution in [3.05, 3.63) is 96.2 Å². The number of amides is 1. The highest BCUT2D eigenvalue weighted by Crippen LogP contribution is 2.29. The molecular weight excluding hydrogens is 398 g/mol. The summed E-state index contributed by atoms with van der Waals surface area (Å²) in [5, 5.41) is 2.93. The summed E-state index contributed by atoms with van der Waals surface area (Å²) < 4.78 is 7.34. The second kappa shape index (κ2) is 8.84. The van der Waals surface area contributed by atoms with E-state index in [2.05, 4.69) is 10.3 Å². The highest BCUT2D eigenvalue weighted by Gasteiger charge is 2.17. The zero-order chi connectivity index (χ0) is 20.9. The van der Waals surface area contributed by atoms with Crippen LogP contribution < -0.4 is 10.1 Å². The number of ether oxygens (including phenoxy) is 1. The summed E-state index contributed by atoms with van der Waals surface area (Å²) >= 11 is 5.84. The molecule has 0 aliphatic heterocycles. The Kier molecular flexibility index (Phi) is 5.82. The van der Waals surface area contributed by atoms with Gasteiger partial charge in [-0.05, 0) is 29.8 Å². The molecule has 6 heteroatoms. The number of imidazole rings is 1. The van der Waals surface area contributed by atoms with E-state index in [0.29, 0.717) is 23.1 Å². The third kappa shape index (κ3) is 4.07. The quantitative estimate of drug-likeness (QED) is 0.419. The number of aromatic nitrogens is 2. The summed E-state index contributed by atoms with van der Waals surface area (Å²) in [7, 11) is 1.62. The summed E-state index contributed by atoms with van der Waals surface area (Å²) in [4.78, 5) is 17.6. The molecular formula is C24H20ClN3O2. The lowest BCUT2D eigenvalue weighted by Gasteiger charge is -2.12. The molecule has 1 N–H and O–H groups in total. The lowest BCUT2D eigenvalue weighted by atomic mass is 10.1. The van der Waals surface area contributed by atoms with Crippen LogP contribution in [-0.2, 0) is 5.88 Å². The number of hydrogen-bond donors (Lipinski definition) is 1. The Balaban J connectivity index is 1.75. The molecule has 0 spiro atoms. The van der Waals surface area contributed by atoms with Gasteiger partial charge in [-0.25, -0.2) is 4.98 Å². The average molecular weight is 418 g/mol. The number of anilines is 1. The number of carbonyl (C=O) groups is 1. The molecule has 1 amide bonds. The maximum Gasteiger partial charge on any atom is 0.257 e. The van der Waals surface area contributed by atoms with E-state index in [4.69, 9.17) is 16.3 Å². The molecule has 0 saturated carbocycles. The van der Waals surface area contributed by atoms with Gasteiger partial charge in [0.1, 0.15) is 5.75 Å². The van der Waals surface area contributed by atoms with Crippen molar-refractivity contribution in [3.63, 3.8) is 0 Å². The molecule has 0 radical (unpaired) electrons. The number of carbonyl (C=O) groups excluding carboxylic acids is 1. The highest BCUT2D eigenvalue weighted by atomic mass is 35.5. The van der Waals surface area contributed by atoms with Gasteiger partial charge in [0.25, 0.3) is 5.91 Å². The SMILES string of the molecule is COc1ccccc1-n1cc(-c2ccccc2)nc1NC(=O)c1ccc(CCl)cc1. The van der Waals surface area contributed by atoms with E-state index in [0.717, 1.165) is 22.5 Å². The van der Waals surface area contributed by atoms with Gasteiger partial charge in [-0.3, -0.25) is 14.7 Å². The average Bonchev–Trinajstić information content (AvgIpc) is 3.23. The highest BCUT2D eigenvalue weighted by molar-refractivity contribution is 6.17. The number of hydrogen-bond acceptors (Lipinski definition) is 3. The first kappa shape index (κ1) is 19.7. The Morgan fingerprint density at radius 1 is 1.00 bits per heavy atom. The molecule has 0 fully saturated rings. The van der Waals surface area contributed by atoms with Crippen molar-refractivity contribution in [1.82, 2.24) is 9.55 Å². The molecule has 0 unspecified atom stereocenters. The van der Waals surface area contributed by atoms with Crippen LogP contribution in [0.1, 0.15) is 15.9 Å². The summed E-state index contributed by atoms with van der Waals surface area (Å²) in [6.45, 7) is 0. The third-order valence-electron chi connectivity index (χ3n) is 4.72. The van der Waals surface area contributed by atoms with E-state index in [1.807, 2.05) is 77.5 Å². The van der Waals surface area contributed by atoms with Crippen molar-refractivity contribution in [2.75, 3.05) is 12.4 Å². The fraction of sp³-hybridized carbons (Fsp3) is 0.0833. The van der Waals surface area contributed by atoms with E-state index >= 15 is 0 Å². The number of halogens is 1. The van der Waals surface area contributed by atoms with Gasteiger partial charge in [-0.15, -0.1) is 11.6 Å². The van der Waals surface area contributed by atoms with Crippen LogP contribution in [0.4, 0.5) is 5.95 Å². The van der Waals surface area contributed by atoms with Crippen molar-refractivity contribution >= 4 is 23.5 Å². The molecule has 1 aromatic heterocycles. The molecule has 3 aromatic carbocycles. The minimum atomic E-state index is -0.252. The van der Waals surface area contributed by atoms with Gasteiger partial charge in [0.05, 0.1) is 18.5 Å². The molecule has 4 rings (SSSR count). The maximum absolute atomic E-state index is 12.9. The molecule has 0 aliphatic carbocycles. The van der Waals surface area contributed by atoms with Gasteiger partial charge in [0.2, 0.25) is 5.95 Å². The summed E-state index contributed by atoms with van der Waals surface area (Å²) in [5.74, 6) is 1.24. The van der Waals surface area contributed by atoms with Crippen LogP contribution in [0.25, 0.3) is 16.9 Å². The number of nitrogens with one attached hydrogen (secondary N) is 1. The van der Waals surface area contributed by atoms with Crippen molar-refractivity contribution in [3.8, 4) is 22.7 Å². The molecule has 0 bridgehead atoms. The fourth-order valence-corrected chi connectivity index (χ4v) is 3.33. The van der Waals surface area contributed by atoms with Crippen LogP contribution in [-0.4, -0.2) is 22.6 Å². The summed E-state index contributed by atoms with van der Waals surface area (Å²) in [6, 6.07) is 24.6. The van der Waals surface area contributed by atoms with Gasteiger partial charge >= 0.3 is 0 Å². The molecule has 0 aliphatic rings. The van der Waals surface area contributed by atoms with Crippen molar-refractivity contribution < 1.29 is 9.53 Å². The lowest BCUT2D eigenvalue weighted by Crippen LogP contribution is -2.15. The van der Waals surface area contributed by atoms with Gasteiger partial charge in [0, 0.05) is 23.2 Å². The number of nitrogens with zero attached hydrogens (tertiary/aromatic N) is 2. The molecule has 150 valence electrons. The minimum absolute atomic E-state index is 0.252. The van der Waals surface area contributed by atoms with Crippen LogP contribution in [0.2, 0.25) is 0 Å². The van der Waals surface area contributed by atoms with Crippen LogP contribution in [0.5, 0.6) is 5.75 Å². The molecule has 0 saturated heterocycles. The summed E-state index contributed by atoms with van der Waals surface area (Å²) in [6.07, 6.45) is 1.89. The van der Waals surface area contributed by atoms with Crippen LogP contribution in [0.3, 0.4) is 0 Å². The number of rotatable bonds is 6. The first-order valence-corrected chi connectivity index (χ1v) is 9.97. The number of para-hydroxylation sites is 2. The summed E-state index contributed by atoms with van der Waals surface area (Å²) in [5.41, 5.74) is 3.96. The van der Waals surface area contributed by atoms with Crippen molar-refractivity contribution in [1.29, 1.82) is 0 Å². The second-order valence-electron chi connectivity index (χ2n) is 6.64. The van der Waals surface area contributed by atoms with Crippen LogP contribution >= 0.6 is 11.6 Å². The van der Waals surface area contributed by atoms with Crippen molar-refractivity contribution in [2.24, 2.45) is 0 Å². The van der Waals surface area contributed by atoms with E-state index in [9.17, 15) is 4.79 Å². The fourth-order valence-electron chi connectivity index (χ4n) is 3.15. The minimum Gasteiger partial charge on any atom is -0.495 e.